The summed E-state index contributed by atoms with van der Waals surface area (Å²) >= 11 is 0. The predicted octanol–water partition coefficient (Wildman–Crippen LogP) is 4.97. The van der Waals surface area contributed by atoms with E-state index in [2.05, 4.69) is 0 Å². The first-order chi connectivity index (χ1) is 12.7. The molecule has 2 aromatic rings. The summed E-state index contributed by atoms with van der Waals surface area (Å²) in [7, 11) is 0. The number of benzene rings is 2. The third-order valence-corrected chi connectivity index (χ3v) is 3.56. The van der Waals surface area contributed by atoms with Gasteiger partial charge in [0.15, 0.2) is 0 Å². The fourth-order valence-corrected chi connectivity index (χ4v) is 2.45. The summed E-state index contributed by atoms with van der Waals surface area (Å²) in [5, 5.41) is 0. The van der Waals surface area contributed by atoms with Gasteiger partial charge in [-0.3, -0.25) is 4.79 Å². The molecule has 0 aromatic heterocycles. The number of halogens is 3. The van der Waals surface area contributed by atoms with Gasteiger partial charge in [-0.2, -0.15) is 13.2 Å². The van der Waals surface area contributed by atoms with Crippen molar-refractivity contribution >= 4 is 11.5 Å². The lowest BCUT2D eigenvalue weighted by Crippen LogP contribution is -2.06. The summed E-state index contributed by atoms with van der Waals surface area (Å²) in [6, 6.07) is 12.0. The lowest BCUT2D eigenvalue weighted by atomic mass is 9.96. The zero-order valence-electron chi connectivity index (χ0n) is 15.0. The smallest absolute Gasteiger partial charge is 0.416 e. The molecule has 0 unspecified atom stereocenters. The van der Waals surface area contributed by atoms with Gasteiger partial charge >= 0.3 is 6.18 Å². The second-order valence-electron chi connectivity index (χ2n) is 6.11. The van der Waals surface area contributed by atoms with Gasteiger partial charge < -0.3 is 10.5 Å². The zero-order chi connectivity index (χ0) is 20.0. The van der Waals surface area contributed by atoms with Gasteiger partial charge in [-0.15, -0.1) is 0 Å². The SMILES string of the molecule is CC(C)Oc1cccc(C(=CC=CC(N)=O)c2ccc(C(F)(F)F)cc2)c1. The first kappa shape index (κ1) is 20.3. The Morgan fingerprint density at radius 3 is 2.30 bits per heavy atom. The Labute approximate surface area is 156 Å². The van der Waals surface area contributed by atoms with Crippen LogP contribution in [0, 0.1) is 0 Å². The largest absolute Gasteiger partial charge is 0.491 e. The second-order valence-corrected chi connectivity index (χ2v) is 6.11. The maximum absolute atomic E-state index is 12.8. The van der Waals surface area contributed by atoms with Crippen LogP contribution < -0.4 is 10.5 Å². The first-order valence-electron chi connectivity index (χ1n) is 8.29. The molecule has 0 heterocycles. The Hall–Kier alpha value is -3.02. The molecule has 0 aliphatic rings. The summed E-state index contributed by atoms with van der Waals surface area (Å²) in [5.41, 5.74) is 6.32. The molecule has 0 bridgehead atoms. The quantitative estimate of drug-likeness (QED) is 0.573. The molecule has 0 aliphatic heterocycles. The Bertz CT molecular complexity index is 850. The molecule has 142 valence electrons. The molecule has 0 aliphatic carbocycles. The van der Waals surface area contributed by atoms with Crippen molar-refractivity contribution in [3.05, 3.63) is 83.4 Å². The van der Waals surface area contributed by atoms with Crippen LogP contribution in [0.4, 0.5) is 13.2 Å². The third kappa shape index (κ3) is 6.02. The molecule has 0 saturated heterocycles. The van der Waals surface area contributed by atoms with E-state index in [1.165, 1.54) is 24.3 Å². The number of allylic oxidation sites excluding steroid dienone is 2. The fourth-order valence-electron chi connectivity index (χ4n) is 2.45. The lowest BCUT2D eigenvalue weighted by Gasteiger charge is -2.14. The van der Waals surface area contributed by atoms with Crippen LogP contribution in [0.15, 0.2) is 66.8 Å². The molecular formula is C21H20F3NO2. The molecule has 2 N–H and O–H groups in total. The van der Waals surface area contributed by atoms with E-state index in [1.807, 2.05) is 19.9 Å². The second kappa shape index (κ2) is 8.58. The minimum absolute atomic E-state index is 0.0199. The summed E-state index contributed by atoms with van der Waals surface area (Å²) in [5.74, 6) is 0.0223. The highest BCUT2D eigenvalue weighted by Crippen LogP contribution is 2.32. The number of amides is 1. The molecule has 1 amide bonds. The first-order valence-corrected chi connectivity index (χ1v) is 8.29. The van der Waals surface area contributed by atoms with Crippen molar-refractivity contribution in [2.45, 2.75) is 26.1 Å². The topological polar surface area (TPSA) is 52.3 Å². The van der Waals surface area contributed by atoms with E-state index in [4.69, 9.17) is 10.5 Å². The summed E-state index contributed by atoms with van der Waals surface area (Å²) in [6.45, 7) is 3.80. The molecule has 0 radical (unpaired) electrons. The molecule has 6 heteroatoms. The number of hydrogen-bond donors (Lipinski definition) is 1. The van der Waals surface area contributed by atoms with Gasteiger partial charge in [-0.25, -0.2) is 0 Å². The van der Waals surface area contributed by atoms with E-state index >= 15 is 0 Å². The summed E-state index contributed by atoms with van der Waals surface area (Å²) in [4.78, 5) is 10.9. The molecule has 0 fully saturated rings. The summed E-state index contributed by atoms with van der Waals surface area (Å²) in [6.07, 6.45) is -0.154. The highest BCUT2D eigenvalue weighted by molar-refractivity contribution is 5.87. The number of rotatable bonds is 6. The van der Waals surface area contributed by atoms with E-state index in [0.29, 0.717) is 16.9 Å². The van der Waals surface area contributed by atoms with Crippen LogP contribution in [-0.2, 0) is 11.0 Å². The highest BCUT2D eigenvalue weighted by atomic mass is 19.4. The van der Waals surface area contributed by atoms with Gasteiger partial charge in [0.05, 0.1) is 11.7 Å². The van der Waals surface area contributed by atoms with Crippen LogP contribution in [-0.4, -0.2) is 12.0 Å². The average molecular weight is 375 g/mol. The molecule has 0 spiro atoms. The summed E-state index contributed by atoms with van der Waals surface area (Å²) < 4.78 is 44.1. The van der Waals surface area contributed by atoms with Crippen molar-refractivity contribution in [1.29, 1.82) is 0 Å². The van der Waals surface area contributed by atoms with Crippen LogP contribution in [0.25, 0.3) is 5.57 Å². The van der Waals surface area contributed by atoms with Crippen molar-refractivity contribution in [3.63, 3.8) is 0 Å². The maximum Gasteiger partial charge on any atom is 0.416 e. The molecule has 0 atom stereocenters. The number of carbonyl (C=O) groups is 1. The van der Waals surface area contributed by atoms with E-state index < -0.39 is 17.6 Å². The Balaban J connectivity index is 2.48. The Morgan fingerprint density at radius 1 is 1.07 bits per heavy atom. The van der Waals surface area contributed by atoms with Gasteiger partial charge in [-0.1, -0.05) is 36.4 Å². The molecule has 0 saturated carbocycles. The van der Waals surface area contributed by atoms with Gasteiger partial charge in [0.25, 0.3) is 0 Å². The highest BCUT2D eigenvalue weighted by Gasteiger charge is 2.30. The van der Waals surface area contributed by atoms with Gasteiger partial charge in [0.2, 0.25) is 5.91 Å². The van der Waals surface area contributed by atoms with Crippen LogP contribution in [0.1, 0.15) is 30.5 Å². The normalized spacial score (nSPS) is 12.6. The minimum Gasteiger partial charge on any atom is -0.491 e. The lowest BCUT2D eigenvalue weighted by molar-refractivity contribution is -0.137. The average Bonchev–Trinajstić information content (AvgIpc) is 2.57. The molecule has 27 heavy (non-hydrogen) atoms. The van der Waals surface area contributed by atoms with Crippen LogP contribution in [0.3, 0.4) is 0 Å². The number of carbonyl (C=O) groups excluding carboxylic acids is 1. The molecule has 2 rings (SSSR count). The Morgan fingerprint density at radius 2 is 1.74 bits per heavy atom. The number of hydrogen-bond acceptors (Lipinski definition) is 2. The van der Waals surface area contributed by atoms with Gasteiger partial charge in [-0.05, 0) is 54.8 Å². The zero-order valence-corrected chi connectivity index (χ0v) is 15.0. The van der Waals surface area contributed by atoms with Crippen LogP contribution in [0.5, 0.6) is 5.75 Å². The van der Waals surface area contributed by atoms with Crippen molar-refractivity contribution in [2.75, 3.05) is 0 Å². The monoisotopic (exact) mass is 375 g/mol. The third-order valence-electron chi connectivity index (χ3n) is 3.56. The fraction of sp³-hybridized carbons (Fsp3) is 0.190. The molecule has 2 aromatic carbocycles. The van der Waals surface area contributed by atoms with E-state index in [1.54, 1.807) is 24.3 Å². The van der Waals surface area contributed by atoms with E-state index in [9.17, 15) is 18.0 Å². The predicted molar refractivity (Wildman–Crippen MR) is 99.1 cm³/mol. The van der Waals surface area contributed by atoms with E-state index in [-0.39, 0.29) is 6.10 Å². The molecular weight excluding hydrogens is 355 g/mol. The number of primary amides is 1. The van der Waals surface area contributed by atoms with Crippen molar-refractivity contribution in [3.8, 4) is 5.75 Å². The van der Waals surface area contributed by atoms with Crippen molar-refractivity contribution in [1.82, 2.24) is 0 Å². The minimum atomic E-state index is -4.40. The van der Waals surface area contributed by atoms with Crippen LogP contribution >= 0.6 is 0 Å². The van der Waals surface area contributed by atoms with Gasteiger partial charge in [0.1, 0.15) is 5.75 Å². The Kier molecular flexibility index (Phi) is 6.45. The number of ether oxygens (including phenoxy) is 1. The number of nitrogens with two attached hydrogens (primary N) is 1. The molecule has 3 nitrogen and oxygen atoms in total. The maximum atomic E-state index is 12.8. The van der Waals surface area contributed by atoms with Crippen molar-refractivity contribution in [2.24, 2.45) is 5.73 Å². The van der Waals surface area contributed by atoms with Gasteiger partial charge in [0, 0.05) is 6.08 Å². The van der Waals surface area contributed by atoms with Crippen LogP contribution in [0.2, 0.25) is 0 Å². The standard InChI is InChI=1S/C21H20F3NO2/c1-14(2)27-18-6-3-5-16(13-18)19(7-4-8-20(25)26)15-9-11-17(12-10-15)21(22,23)24/h3-14H,1-2H3,(H2,25,26). The number of alkyl halides is 3. The van der Waals surface area contributed by atoms with Crippen molar-refractivity contribution < 1.29 is 22.7 Å². The van der Waals surface area contributed by atoms with E-state index in [0.717, 1.165) is 17.7 Å².